The largest absolute Gasteiger partial charge is 0.381 e. The van der Waals surface area contributed by atoms with Crippen LogP contribution in [0.4, 0.5) is 11.4 Å². The average molecular weight is 266 g/mol. The van der Waals surface area contributed by atoms with E-state index in [-0.39, 0.29) is 16.0 Å². The summed E-state index contributed by atoms with van der Waals surface area (Å²) in [6, 6.07) is 7.10. The molecule has 0 saturated carbocycles. The Morgan fingerprint density at radius 3 is 2.94 bits per heavy atom. The fraction of sp³-hybridized carbons (Fsp3) is 0.538. The average Bonchev–Trinajstić information content (AvgIpc) is 2.32. The molecule has 1 aromatic rings. The number of anilines is 1. The van der Waals surface area contributed by atoms with Gasteiger partial charge in [-0.25, -0.2) is 0 Å². The van der Waals surface area contributed by atoms with Crippen molar-refractivity contribution >= 4 is 23.1 Å². The summed E-state index contributed by atoms with van der Waals surface area (Å²) in [7, 11) is 0. The summed E-state index contributed by atoms with van der Waals surface area (Å²) in [5.41, 5.74) is 1.21. The van der Waals surface area contributed by atoms with Crippen LogP contribution in [-0.4, -0.2) is 22.5 Å². The van der Waals surface area contributed by atoms with Gasteiger partial charge < -0.3 is 5.32 Å². The van der Waals surface area contributed by atoms with Gasteiger partial charge in [-0.05, 0) is 23.7 Å². The maximum Gasteiger partial charge on any atom is 0.271 e. The van der Waals surface area contributed by atoms with E-state index < -0.39 is 0 Å². The topological polar surface area (TPSA) is 55.2 Å². The zero-order valence-corrected chi connectivity index (χ0v) is 11.5. The lowest BCUT2D eigenvalue weighted by Crippen LogP contribution is -2.41. The van der Waals surface area contributed by atoms with E-state index >= 15 is 0 Å². The number of nitro groups is 1. The monoisotopic (exact) mass is 266 g/mol. The summed E-state index contributed by atoms with van der Waals surface area (Å²) < 4.78 is 0. The summed E-state index contributed by atoms with van der Waals surface area (Å²) in [6.45, 7) is 4.50. The van der Waals surface area contributed by atoms with Crippen LogP contribution in [-0.2, 0) is 0 Å². The number of hydrogen-bond acceptors (Lipinski definition) is 4. The van der Waals surface area contributed by atoms with Gasteiger partial charge in [0.05, 0.1) is 4.92 Å². The molecular formula is C13H18N2O2S. The second kappa shape index (κ2) is 5.18. The Morgan fingerprint density at radius 2 is 2.28 bits per heavy atom. The van der Waals surface area contributed by atoms with Gasteiger partial charge in [0.15, 0.2) is 0 Å². The standard InChI is InChI=1S/C13H18N2O2S/c1-13(2)6-7-18-9-12(13)14-10-4-3-5-11(8-10)15(16)17/h3-5,8,12,14H,6-7,9H2,1-2H3. The molecule has 0 spiro atoms. The highest BCUT2D eigenvalue weighted by molar-refractivity contribution is 7.99. The minimum Gasteiger partial charge on any atom is -0.381 e. The smallest absolute Gasteiger partial charge is 0.271 e. The molecule has 0 aliphatic carbocycles. The molecular weight excluding hydrogens is 248 g/mol. The molecule has 98 valence electrons. The van der Waals surface area contributed by atoms with Crippen molar-refractivity contribution in [1.29, 1.82) is 0 Å². The van der Waals surface area contributed by atoms with Crippen molar-refractivity contribution in [2.75, 3.05) is 16.8 Å². The molecule has 1 saturated heterocycles. The highest BCUT2D eigenvalue weighted by Gasteiger charge is 2.32. The molecule has 1 heterocycles. The van der Waals surface area contributed by atoms with Crippen molar-refractivity contribution in [3.8, 4) is 0 Å². The SMILES string of the molecule is CC1(C)CCSCC1Nc1cccc([N+](=O)[O-])c1. The van der Waals surface area contributed by atoms with Crippen LogP contribution in [0.2, 0.25) is 0 Å². The van der Waals surface area contributed by atoms with Gasteiger partial charge in [0.2, 0.25) is 0 Å². The van der Waals surface area contributed by atoms with Crippen molar-refractivity contribution in [1.82, 2.24) is 0 Å². The maximum absolute atomic E-state index is 10.7. The molecule has 1 aromatic carbocycles. The minimum absolute atomic E-state index is 0.140. The van der Waals surface area contributed by atoms with Crippen molar-refractivity contribution < 1.29 is 4.92 Å². The molecule has 1 aliphatic heterocycles. The Hall–Kier alpha value is -1.23. The van der Waals surface area contributed by atoms with Gasteiger partial charge in [-0.1, -0.05) is 19.9 Å². The van der Waals surface area contributed by atoms with Crippen LogP contribution in [0.3, 0.4) is 0 Å². The van der Waals surface area contributed by atoms with Crippen LogP contribution in [0.25, 0.3) is 0 Å². The fourth-order valence-electron chi connectivity index (χ4n) is 2.08. The van der Waals surface area contributed by atoms with Gasteiger partial charge in [0, 0.05) is 29.6 Å². The Kier molecular flexibility index (Phi) is 3.80. The van der Waals surface area contributed by atoms with Crippen LogP contribution in [0.15, 0.2) is 24.3 Å². The first-order valence-corrected chi connectivity index (χ1v) is 7.23. The van der Waals surface area contributed by atoms with Gasteiger partial charge in [-0.2, -0.15) is 11.8 Å². The lowest BCUT2D eigenvalue weighted by molar-refractivity contribution is -0.384. The Morgan fingerprint density at radius 1 is 1.50 bits per heavy atom. The summed E-state index contributed by atoms with van der Waals surface area (Å²) in [5.74, 6) is 2.25. The van der Waals surface area contributed by atoms with E-state index in [2.05, 4.69) is 19.2 Å². The second-order valence-corrected chi connectivity index (χ2v) is 6.47. The normalized spacial score (nSPS) is 22.4. The lowest BCUT2D eigenvalue weighted by atomic mass is 9.82. The van der Waals surface area contributed by atoms with Gasteiger partial charge in [0.25, 0.3) is 5.69 Å². The molecule has 4 nitrogen and oxygen atoms in total. The number of rotatable bonds is 3. The summed E-state index contributed by atoms with van der Waals surface area (Å²) in [4.78, 5) is 10.4. The Bertz CT molecular complexity index is 448. The van der Waals surface area contributed by atoms with Crippen LogP contribution < -0.4 is 5.32 Å². The molecule has 0 bridgehead atoms. The van der Waals surface area contributed by atoms with E-state index in [1.165, 1.54) is 18.2 Å². The summed E-state index contributed by atoms with van der Waals surface area (Å²) in [6.07, 6.45) is 1.17. The highest BCUT2D eigenvalue weighted by Crippen LogP contribution is 2.36. The van der Waals surface area contributed by atoms with E-state index in [1.807, 2.05) is 17.8 Å². The maximum atomic E-state index is 10.7. The van der Waals surface area contributed by atoms with Crippen LogP contribution in [0.1, 0.15) is 20.3 Å². The number of benzene rings is 1. The van der Waals surface area contributed by atoms with Crippen molar-refractivity contribution in [2.24, 2.45) is 5.41 Å². The Balaban J connectivity index is 2.13. The zero-order valence-electron chi connectivity index (χ0n) is 10.7. The van der Waals surface area contributed by atoms with Gasteiger partial charge in [-0.3, -0.25) is 10.1 Å². The van der Waals surface area contributed by atoms with E-state index in [9.17, 15) is 10.1 Å². The molecule has 2 rings (SSSR count). The lowest BCUT2D eigenvalue weighted by Gasteiger charge is -2.39. The van der Waals surface area contributed by atoms with E-state index in [1.54, 1.807) is 12.1 Å². The summed E-state index contributed by atoms with van der Waals surface area (Å²) >= 11 is 1.94. The molecule has 1 N–H and O–H groups in total. The molecule has 0 amide bonds. The predicted molar refractivity (Wildman–Crippen MR) is 76.2 cm³/mol. The van der Waals surface area contributed by atoms with Crippen molar-refractivity contribution in [2.45, 2.75) is 26.3 Å². The second-order valence-electron chi connectivity index (χ2n) is 5.32. The molecule has 0 radical (unpaired) electrons. The fourth-order valence-corrected chi connectivity index (χ4v) is 3.69. The van der Waals surface area contributed by atoms with E-state index in [0.29, 0.717) is 6.04 Å². The third-order valence-corrected chi connectivity index (χ3v) is 4.58. The third kappa shape index (κ3) is 2.96. The van der Waals surface area contributed by atoms with E-state index in [4.69, 9.17) is 0 Å². The first-order valence-electron chi connectivity index (χ1n) is 6.08. The predicted octanol–water partition coefficient (Wildman–Crippen LogP) is 3.54. The first-order chi connectivity index (χ1) is 8.49. The van der Waals surface area contributed by atoms with Crippen LogP contribution >= 0.6 is 11.8 Å². The van der Waals surface area contributed by atoms with Gasteiger partial charge >= 0.3 is 0 Å². The quantitative estimate of drug-likeness (QED) is 0.671. The van der Waals surface area contributed by atoms with E-state index in [0.717, 1.165) is 11.4 Å². The van der Waals surface area contributed by atoms with Gasteiger partial charge in [-0.15, -0.1) is 0 Å². The zero-order chi connectivity index (χ0) is 13.2. The molecule has 18 heavy (non-hydrogen) atoms. The third-order valence-electron chi connectivity index (χ3n) is 3.52. The van der Waals surface area contributed by atoms with Crippen LogP contribution in [0.5, 0.6) is 0 Å². The van der Waals surface area contributed by atoms with Crippen molar-refractivity contribution in [3.05, 3.63) is 34.4 Å². The molecule has 5 heteroatoms. The molecule has 1 atom stereocenters. The molecule has 1 unspecified atom stereocenters. The number of hydrogen-bond donors (Lipinski definition) is 1. The number of nitrogens with one attached hydrogen (secondary N) is 1. The summed E-state index contributed by atoms with van der Waals surface area (Å²) in [5, 5.41) is 14.2. The number of non-ortho nitro benzene ring substituents is 1. The molecule has 1 fully saturated rings. The Labute approximate surface area is 111 Å². The minimum atomic E-state index is -0.355. The van der Waals surface area contributed by atoms with Gasteiger partial charge in [0.1, 0.15) is 0 Å². The molecule has 0 aromatic heterocycles. The highest BCUT2D eigenvalue weighted by atomic mass is 32.2. The number of thioether (sulfide) groups is 1. The van der Waals surface area contributed by atoms with Crippen LogP contribution in [0, 0.1) is 15.5 Å². The number of nitrogens with zero attached hydrogens (tertiary/aromatic N) is 1. The van der Waals surface area contributed by atoms with Crippen molar-refractivity contribution in [3.63, 3.8) is 0 Å². The number of nitro benzene ring substituents is 1. The first kappa shape index (κ1) is 13.2. The molecule has 1 aliphatic rings.